The van der Waals surface area contributed by atoms with E-state index in [1.165, 1.54) is 0 Å². The van der Waals surface area contributed by atoms with Crippen LogP contribution in [0.15, 0.2) is 48.5 Å². The number of anilines is 1. The molecule has 0 fully saturated rings. The lowest BCUT2D eigenvalue weighted by atomic mass is 10.2. The number of hydrogen-bond donors (Lipinski definition) is 1. The van der Waals surface area contributed by atoms with Gasteiger partial charge in [-0.3, -0.25) is 9.59 Å². The minimum absolute atomic E-state index is 0.103. The molecule has 2 aromatic carbocycles. The van der Waals surface area contributed by atoms with Gasteiger partial charge in [0.15, 0.2) is 6.61 Å². The van der Waals surface area contributed by atoms with E-state index in [9.17, 15) is 9.59 Å². The first-order valence-corrected chi connectivity index (χ1v) is 6.99. The van der Waals surface area contributed by atoms with Crippen LogP contribution in [-0.4, -0.2) is 18.8 Å². The molecule has 0 atom stereocenters. The van der Waals surface area contributed by atoms with Crippen LogP contribution < -0.4 is 10.1 Å². The van der Waals surface area contributed by atoms with Crippen molar-refractivity contribution in [2.75, 3.05) is 11.9 Å². The highest BCUT2D eigenvalue weighted by atomic mass is 127. The summed E-state index contributed by atoms with van der Waals surface area (Å²) < 4.78 is 6.38. The summed E-state index contributed by atoms with van der Waals surface area (Å²) in [7, 11) is 0. The van der Waals surface area contributed by atoms with E-state index >= 15 is 0 Å². The Morgan fingerprint density at radius 2 is 2.00 bits per heavy atom. The average Bonchev–Trinajstić information content (AvgIpc) is 2.45. The van der Waals surface area contributed by atoms with E-state index in [1.807, 2.05) is 24.3 Å². The lowest BCUT2D eigenvalue weighted by Crippen LogP contribution is -2.20. The number of aldehydes is 1. The van der Waals surface area contributed by atoms with Crippen LogP contribution in [0.2, 0.25) is 0 Å². The summed E-state index contributed by atoms with van der Waals surface area (Å²) in [5.41, 5.74) is 1.24. The molecule has 0 heterocycles. The van der Waals surface area contributed by atoms with Gasteiger partial charge in [-0.1, -0.05) is 18.2 Å². The van der Waals surface area contributed by atoms with E-state index in [2.05, 4.69) is 27.9 Å². The van der Waals surface area contributed by atoms with Crippen molar-refractivity contribution in [2.24, 2.45) is 0 Å². The van der Waals surface area contributed by atoms with Crippen LogP contribution >= 0.6 is 22.6 Å². The zero-order chi connectivity index (χ0) is 14.4. The molecule has 0 spiro atoms. The number of carbonyl (C=O) groups excluding carboxylic acids is 2. The number of ether oxygens (including phenoxy) is 1. The van der Waals surface area contributed by atoms with Gasteiger partial charge in [-0.25, -0.2) is 0 Å². The van der Waals surface area contributed by atoms with Crippen LogP contribution in [0.3, 0.4) is 0 Å². The van der Waals surface area contributed by atoms with E-state index in [1.54, 1.807) is 24.3 Å². The fourth-order valence-electron chi connectivity index (χ4n) is 1.59. The van der Waals surface area contributed by atoms with Crippen molar-refractivity contribution in [3.05, 3.63) is 57.7 Å². The van der Waals surface area contributed by atoms with E-state index in [0.29, 0.717) is 11.3 Å². The molecule has 0 saturated carbocycles. The summed E-state index contributed by atoms with van der Waals surface area (Å²) in [6, 6.07) is 14.2. The number of benzene rings is 2. The van der Waals surface area contributed by atoms with Crippen molar-refractivity contribution >= 4 is 40.5 Å². The van der Waals surface area contributed by atoms with Crippen LogP contribution in [0.1, 0.15) is 10.4 Å². The molecule has 2 aromatic rings. The van der Waals surface area contributed by atoms with Crippen LogP contribution in [-0.2, 0) is 4.79 Å². The summed E-state index contributed by atoms with van der Waals surface area (Å²) >= 11 is 2.18. The highest BCUT2D eigenvalue weighted by Gasteiger charge is 2.04. The van der Waals surface area contributed by atoms with Gasteiger partial charge in [-0.05, 0) is 52.9 Å². The zero-order valence-corrected chi connectivity index (χ0v) is 12.7. The van der Waals surface area contributed by atoms with Gasteiger partial charge in [0.25, 0.3) is 5.91 Å². The van der Waals surface area contributed by atoms with Gasteiger partial charge in [0.05, 0.1) is 0 Å². The molecule has 0 saturated heterocycles. The predicted molar refractivity (Wildman–Crippen MR) is 85.1 cm³/mol. The maximum absolute atomic E-state index is 11.7. The molecule has 0 aliphatic heterocycles. The molecule has 0 bridgehead atoms. The Morgan fingerprint density at radius 3 is 2.75 bits per heavy atom. The van der Waals surface area contributed by atoms with E-state index < -0.39 is 0 Å². The molecule has 1 amide bonds. The highest BCUT2D eigenvalue weighted by Crippen LogP contribution is 2.14. The number of hydrogen-bond acceptors (Lipinski definition) is 3. The first-order valence-electron chi connectivity index (χ1n) is 5.91. The molecular weight excluding hydrogens is 369 g/mol. The van der Waals surface area contributed by atoms with Gasteiger partial charge < -0.3 is 10.1 Å². The lowest BCUT2D eigenvalue weighted by Gasteiger charge is -2.08. The third kappa shape index (κ3) is 4.34. The SMILES string of the molecule is O=Cc1cccc(OCC(=O)Nc2cccc(I)c2)c1. The summed E-state index contributed by atoms with van der Waals surface area (Å²) in [6.07, 6.45) is 0.735. The fourth-order valence-corrected chi connectivity index (χ4v) is 2.13. The Balaban J connectivity index is 1.90. The van der Waals surface area contributed by atoms with Gasteiger partial charge in [-0.15, -0.1) is 0 Å². The topological polar surface area (TPSA) is 55.4 Å². The Labute approximate surface area is 130 Å². The quantitative estimate of drug-likeness (QED) is 0.640. The minimum Gasteiger partial charge on any atom is -0.484 e. The molecule has 2 rings (SSSR count). The van der Waals surface area contributed by atoms with Gasteiger partial charge in [0, 0.05) is 14.8 Å². The first-order chi connectivity index (χ1) is 9.67. The molecule has 102 valence electrons. The van der Waals surface area contributed by atoms with E-state index in [-0.39, 0.29) is 12.5 Å². The summed E-state index contributed by atoms with van der Waals surface area (Å²) in [4.78, 5) is 22.4. The number of rotatable bonds is 5. The standard InChI is InChI=1S/C15H12INO3/c16-12-4-2-5-13(8-12)17-15(19)10-20-14-6-1-3-11(7-14)9-18/h1-9H,10H2,(H,17,19). The molecule has 0 aliphatic rings. The Morgan fingerprint density at radius 1 is 1.20 bits per heavy atom. The van der Waals surface area contributed by atoms with Crippen LogP contribution in [0.5, 0.6) is 5.75 Å². The molecule has 0 aromatic heterocycles. The van der Waals surface area contributed by atoms with Crippen molar-refractivity contribution in [3.8, 4) is 5.75 Å². The van der Waals surface area contributed by atoms with Gasteiger partial charge in [0.2, 0.25) is 0 Å². The van der Waals surface area contributed by atoms with E-state index in [4.69, 9.17) is 4.74 Å². The number of halogens is 1. The Hall–Kier alpha value is -1.89. The number of nitrogens with one attached hydrogen (secondary N) is 1. The zero-order valence-electron chi connectivity index (χ0n) is 10.5. The van der Waals surface area contributed by atoms with Gasteiger partial charge >= 0.3 is 0 Å². The van der Waals surface area contributed by atoms with Crippen LogP contribution in [0.4, 0.5) is 5.69 Å². The second kappa shape index (κ2) is 7.04. The van der Waals surface area contributed by atoms with Crippen molar-refractivity contribution in [2.45, 2.75) is 0 Å². The molecule has 1 N–H and O–H groups in total. The third-order valence-electron chi connectivity index (χ3n) is 2.47. The van der Waals surface area contributed by atoms with E-state index in [0.717, 1.165) is 15.5 Å². The monoisotopic (exact) mass is 381 g/mol. The molecule has 0 radical (unpaired) electrons. The fraction of sp³-hybridized carbons (Fsp3) is 0.0667. The van der Waals surface area contributed by atoms with Gasteiger partial charge in [0.1, 0.15) is 12.0 Å². The Kier molecular flexibility index (Phi) is 5.11. The lowest BCUT2D eigenvalue weighted by molar-refractivity contribution is -0.118. The molecule has 4 nitrogen and oxygen atoms in total. The third-order valence-corrected chi connectivity index (χ3v) is 3.14. The van der Waals surface area contributed by atoms with Crippen molar-refractivity contribution < 1.29 is 14.3 Å². The first kappa shape index (κ1) is 14.5. The predicted octanol–water partition coefficient (Wildman–Crippen LogP) is 3.12. The van der Waals surface area contributed by atoms with Crippen molar-refractivity contribution in [1.29, 1.82) is 0 Å². The smallest absolute Gasteiger partial charge is 0.262 e. The molecule has 5 heteroatoms. The molecule has 0 unspecified atom stereocenters. The summed E-state index contributed by atoms with van der Waals surface area (Å²) in [6.45, 7) is -0.103. The second-order valence-electron chi connectivity index (χ2n) is 4.04. The number of carbonyl (C=O) groups is 2. The maximum atomic E-state index is 11.7. The average molecular weight is 381 g/mol. The largest absolute Gasteiger partial charge is 0.484 e. The van der Waals surface area contributed by atoms with Crippen molar-refractivity contribution in [3.63, 3.8) is 0 Å². The van der Waals surface area contributed by atoms with Crippen molar-refractivity contribution in [1.82, 2.24) is 0 Å². The molecule has 0 aliphatic carbocycles. The van der Waals surface area contributed by atoms with Crippen LogP contribution in [0.25, 0.3) is 0 Å². The summed E-state index contributed by atoms with van der Waals surface area (Å²) in [5, 5.41) is 2.74. The normalized spacial score (nSPS) is 9.85. The Bertz CT molecular complexity index is 628. The summed E-state index contributed by atoms with van der Waals surface area (Å²) in [5.74, 6) is 0.246. The van der Waals surface area contributed by atoms with Gasteiger partial charge in [-0.2, -0.15) is 0 Å². The minimum atomic E-state index is -0.247. The molecule has 20 heavy (non-hydrogen) atoms. The van der Waals surface area contributed by atoms with Crippen LogP contribution in [0, 0.1) is 3.57 Å². The maximum Gasteiger partial charge on any atom is 0.262 e. The highest BCUT2D eigenvalue weighted by molar-refractivity contribution is 14.1. The molecular formula is C15H12INO3. The second-order valence-corrected chi connectivity index (χ2v) is 5.28. The number of amides is 1.